The molecule has 5 rings (SSSR count). The van der Waals surface area contributed by atoms with E-state index < -0.39 is 27.4 Å². The second kappa shape index (κ2) is 12.2. The van der Waals surface area contributed by atoms with Gasteiger partial charge in [-0.25, -0.2) is 22.5 Å². The molecular formula is C31H26FN5O4S. The van der Waals surface area contributed by atoms with Crippen LogP contribution in [0, 0.1) is 5.82 Å². The average Bonchev–Trinajstić information content (AvgIpc) is 2.97. The molecule has 1 aromatic heterocycles. The van der Waals surface area contributed by atoms with Gasteiger partial charge in [-0.1, -0.05) is 54.6 Å². The Morgan fingerprint density at radius 3 is 2.40 bits per heavy atom. The number of carbonyl (C=O) groups excluding carboxylic acids is 1. The molecular weight excluding hydrogens is 557 g/mol. The summed E-state index contributed by atoms with van der Waals surface area (Å²) in [5.74, 6) is -0.707. The maximum absolute atomic E-state index is 13.8. The smallest absolute Gasteiger partial charge is 0.282 e. The van der Waals surface area contributed by atoms with Gasteiger partial charge in [-0.3, -0.25) is 9.59 Å². The van der Waals surface area contributed by atoms with Crippen LogP contribution in [0.25, 0.3) is 10.9 Å². The molecule has 1 atom stereocenters. The Hall–Kier alpha value is -5.00. The maximum Gasteiger partial charge on any atom is 0.282 e. The summed E-state index contributed by atoms with van der Waals surface area (Å²) in [6, 6.07) is 26.2. The van der Waals surface area contributed by atoms with Crippen LogP contribution >= 0.6 is 0 Å². The number of aromatic nitrogens is 2. The Morgan fingerprint density at radius 2 is 1.69 bits per heavy atom. The Kier molecular flexibility index (Phi) is 8.32. The van der Waals surface area contributed by atoms with Crippen LogP contribution in [0.1, 0.15) is 29.9 Å². The van der Waals surface area contributed by atoms with Crippen LogP contribution < -0.4 is 15.6 Å². The van der Waals surface area contributed by atoms with Crippen molar-refractivity contribution in [2.75, 3.05) is 5.32 Å². The minimum absolute atomic E-state index is 0.0485. The summed E-state index contributed by atoms with van der Waals surface area (Å²) >= 11 is 0. The van der Waals surface area contributed by atoms with E-state index in [9.17, 15) is 22.4 Å². The van der Waals surface area contributed by atoms with Gasteiger partial charge in [-0.05, 0) is 66.1 Å². The lowest BCUT2D eigenvalue weighted by Crippen LogP contribution is -2.35. The lowest BCUT2D eigenvalue weighted by Gasteiger charge is -2.21. The lowest BCUT2D eigenvalue weighted by molar-refractivity contribution is -0.114. The zero-order valence-electron chi connectivity index (χ0n) is 22.4. The molecule has 1 unspecified atom stereocenters. The molecule has 5 aromatic rings. The topological polar surface area (TPSA) is 123 Å². The monoisotopic (exact) mass is 583 g/mol. The number of halogens is 1. The molecule has 42 heavy (non-hydrogen) atoms. The second-order valence-electron chi connectivity index (χ2n) is 9.47. The van der Waals surface area contributed by atoms with Crippen molar-refractivity contribution in [1.82, 2.24) is 14.4 Å². The summed E-state index contributed by atoms with van der Waals surface area (Å²) in [6.07, 6.45) is 1.46. The summed E-state index contributed by atoms with van der Waals surface area (Å²) in [7, 11) is -4.15. The number of hydrogen-bond donors (Lipinski definition) is 2. The molecule has 1 amide bonds. The predicted molar refractivity (Wildman–Crippen MR) is 159 cm³/mol. The molecule has 0 spiro atoms. The number of carbonyl (C=O) groups is 1. The van der Waals surface area contributed by atoms with E-state index in [0.717, 1.165) is 10.2 Å². The lowest BCUT2D eigenvalue weighted by atomic mass is 10.1. The fourth-order valence-electron chi connectivity index (χ4n) is 4.40. The minimum atomic E-state index is -4.15. The zero-order valence-corrected chi connectivity index (χ0v) is 23.3. The van der Waals surface area contributed by atoms with Crippen molar-refractivity contribution >= 4 is 38.7 Å². The average molecular weight is 584 g/mol. The van der Waals surface area contributed by atoms with Crippen molar-refractivity contribution in [2.45, 2.75) is 24.3 Å². The molecule has 0 radical (unpaired) electrons. The van der Waals surface area contributed by atoms with E-state index in [1.807, 2.05) is 30.3 Å². The van der Waals surface area contributed by atoms with E-state index in [0.29, 0.717) is 16.8 Å². The molecule has 0 saturated carbocycles. The molecule has 9 nitrogen and oxygen atoms in total. The van der Waals surface area contributed by atoms with Gasteiger partial charge in [0.1, 0.15) is 5.82 Å². The van der Waals surface area contributed by atoms with E-state index in [-0.39, 0.29) is 28.4 Å². The second-order valence-corrected chi connectivity index (χ2v) is 11.2. The largest absolute Gasteiger partial charge is 0.326 e. The number of amides is 1. The van der Waals surface area contributed by atoms with Gasteiger partial charge >= 0.3 is 0 Å². The number of para-hydroxylation sites is 1. The number of fused-ring (bicyclic) bond motifs is 1. The van der Waals surface area contributed by atoms with Crippen LogP contribution in [-0.2, 0) is 21.2 Å². The molecule has 212 valence electrons. The first-order valence-electron chi connectivity index (χ1n) is 13.0. The van der Waals surface area contributed by atoms with Crippen LogP contribution in [0.5, 0.6) is 0 Å². The first kappa shape index (κ1) is 28.5. The van der Waals surface area contributed by atoms with Crippen molar-refractivity contribution in [1.29, 1.82) is 0 Å². The normalized spacial score (nSPS) is 12.4. The number of nitrogens with one attached hydrogen (secondary N) is 2. The molecule has 1 heterocycles. The fraction of sp³-hybridized carbons (Fsp3) is 0.0968. The summed E-state index contributed by atoms with van der Waals surface area (Å²) in [6.45, 7) is 1.35. The number of rotatable bonds is 9. The number of anilines is 1. The van der Waals surface area contributed by atoms with E-state index in [1.165, 1.54) is 55.6 Å². The van der Waals surface area contributed by atoms with Crippen molar-refractivity contribution in [3.8, 4) is 0 Å². The highest BCUT2D eigenvalue weighted by atomic mass is 32.2. The van der Waals surface area contributed by atoms with Gasteiger partial charge < -0.3 is 5.32 Å². The van der Waals surface area contributed by atoms with Gasteiger partial charge in [0, 0.05) is 12.6 Å². The maximum atomic E-state index is 13.8. The highest BCUT2D eigenvalue weighted by molar-refractivity contribution is 7.89. The molecule has 0 fully saturated rings. The molecule has 0 aliphatic heterocycles. The highest BCUT2D eigenvalue weighted by Crippen LogP contribution is 2.23. The predicted octanol–water partition coefficient (Wildman–Crippen LogP) is 4.64. The van der Waals surface area contributed by atoms with E-state index in [2.05, 4.69) is 20.1 Å². The molecule has 0 bridgehead atoms. The van der Waals surface area contributed by atoms with Crippen LogP contribution in [0.3, 0.4) is 0 Å². The van der Waals surface area contributed by atoms with E-state index in [1.54, 1.807) is 30.3 Å². The Balaban J connectivity index is 1.63. The SMILES string of the molecule is CC(=O)Nc1ccc(S(=O)(=O)NC(Cc2ccccc2)c2nc3ccccc3c(=O)n2/N=C/c2cccc(F)c2)cc1. The Morgan fingerprint density at radius 1 is 0.976 bits per heavy atom. The summed E-state index contributed by atoms with van der Waals surface area (Å²) in [5, 5.41) is 7.23. The first-order valence-corrected chi connectivity index (χ1v) is 14.4. The Labute approximate surface area is 241 Å². The van der Waals surface area contributed by atoms with E-state index >= 15 is 0 Å². The van der Waals surface area contributed by atoms with Gasteiger partial charge in [0.25, 0.3) is 5.56 Å². The molecule has 2 N–H and O–H groups in total. The number of hydrogen-bond acceptors (Lipinski definition) is 6. The third-order valence-electron chi connectivity index (χ3n) is 6.33. The molecule has 4 aromatic carbocycles. The van der Waals surface area contributed by atoms with Crippen molar-refractivity contribution in [2.24, 2.45) is 5.10 Å². The molecule has 0 aliphatic carbocycles. The highest BCUT2D eigenvalue weighted by Gasteiger charge is 2.27. The molecule has 11 heteroatoms. The summed E-state index contributed by atoms with van der Waals surface area (Å²) < 4.78 is 44.8. The quantitative estimate of drug-likeness (QED) is 0.245. The van der Waals surface area contributed by atoms with Gasteiger partial charge in [-0.15, -0.1) is 0 Å². The molecule has 0 aliphatic rings. The minimum Gasteiger partial charge on any atom is -0.326 e. The number of benzene rings is 4. The summed E-state index contributed by atoms with van der Waals surface area (Å²) in [5.41, 5.74) is 1.49. The van der Waals surface area contributed by atoms with Crippen LogP contribution in [0.4, 0.5) is 10.1 Å². The van der Waals surface area contributed by atoms with Gasteiger partial charge in [-0.2, -0.15) is 9.78 Å². The van der Waals surface area contributed by atoms with Gasteiger partial charge in [0.2, 0.25) is 15.9 Å². The number of sulfonamides is 1. The van der Waals surface area contributed by atoms with Crippen LogP contribution in [0.2, 0.25) is 0 Å². The third-order valence-corrected chi connectivity index (χ3v) is 7.81. The summed E-state index contributed by atoms with van der Waals surface area (Å²) in [4.78, 5) is 29.7. The number of nitrogens with zero attached hydrogens (tertiary/aromatic N) is 3. The molecule has 0 saturated heterocycles. The van der Waals surface area contributed by atoms with Gasteiger partial charge in [0.05, 0.1) is 28.1 Å². The van der Waals surface area contributed by atoms with Crippen molar-refractivity contribution in [3.63, 3.8) is 0 Å². The Bertz CT molecular complexity index is 1940. The third kappa shape index (κ3) is 6.65. The van der Waals surface area contributed by atoms with Crippen LogP contribution in [-0.4, -0.2) is 30.2 Å². The van der Waals surface area contributed by atoms with E-state index in [4.69, 9.17) is 0 Å². The first-order chi connectivity index (χ1) is 20.2. The van der Waals surface area contributed by atoms with Crippen molar-refractivity contribution in [3.05, 3.63) is 136 Å². The van der Waals surface area contributed by atoms with Crippen LogP contribution in [0.15, 0.2) is 118 Å². The van der Waals surface area contributed by atoms with Crippen molar-refractivity contribution < 1.29 is 17.6 Å². The fourth-order valence-corrected chi connectivity index (χ4v) is 5.59. The van der Waals surface area contributed by atoms with Gasteiger partial charge in [0.15, 0.2) is 5.82 Å². The standard InChI is InChI=1S/C31H26FN5O4S/c1-21(38)34-25-14-16-26(17-15-25)42(40,41)36-29(19-22-8-3-2-4-9-22)30-35-28-13-6-5-12-27(28)31(39)37(30)33-20-23-10-7-11-24(32)18-23/h2-18,20,29,36H,19H2,1H3,(H,34,38)/b33-20+. The zero-order chi connectivity index (χ0) is 29.7.